The summed E-state index contributed by atoms with van der Waals surface area (Å²) in [7, 11) is 0. The molecule has 1 saturated heterocycles. The maximum Gasteiger partial charge on any atom is 0.264 e. The Morgan fingerprint density at radius 2 is 1.69 bits per heavy atom. The molecule has 3 N–H and O–H groups in total. The van der Waals surface area contributed by atoms with E-state index in [1.165, 1.54) is 0 Å². The van der Waals surface area contributed by atoms with Crippen molar-refractivity contribution in [3.05, 3.63) is 84.0 Å². The number of quaternary nitrogens is 1. The summed E-state index contributed by atoms with van der Waals surface area (Å²) in [6.07, 6.45) is 7.64. The fourth-order valence-corrected chi connectivity index (χ4v) is 4.10. The molecule has 0 saturated carbocycles. The van der Waals surface area contributed by atoms with Gasteiger partial charge in [0.15, 0.2) is 0 Å². The molecule has 3 aliphatic rings. The summed E-state index contributed by atoms with van der Waals surface area (Å²) in [5.74, 6) is 9.65. The summed E-state index contributed by atoms with van der Waals surface area (Å²) < 4.78 is 5.99. The zero-order valence-corrected chi connectivity index (χ0v) is 16.2. The molecule has 2 aromatic rings. The van der Waals surface area contributed by atoms with Crippen LogP contribution in [0.4, 0.5) is 0 Å². The number of amidine groups is 1. The second-order valence-corrected chi connectivity index (χ2v) is 7.52. The third-order valence-corrected chi connectivity index (χ3v) is 5.64. The van der Waals surface area contributed by atoms with E-state index in [9.17, 15) is 0 Å². The second kappa shape index (κ2) is 7.40. The molecule has 29 heavy (non-hydrogen) atoms. The number of ether oxygens (including phenoxy) is 1. The SMILES string of the molecule is N[N+]12C=CN=CC1=C(C1CCNCC1)N=C2c1ccc(Oc2ccccc2)cc1. The van der Waals surface area contributed by atoms with Crippen molar-refractivity contribution >= 4 is 12.1 Å². The molecule has 0 spiro atoms. The minimum absolute atomic E-state index is 0.0711. The molecule has 0 bridgehead atoms. The molecular weight excluding hydrogens is 362 g/mol. The maximum absolute atomic E-state index is 6.82. The van der Waals surface area contributed by atoms with E-state index in [0.717, 1.165) is 60.2 Å². The lowest BCUT2D eigenvalue weighted by Gasteiger charge is -2.27. The first-order chi connectivity index (χ1) is 14.2. The van der Waals surface area contributed by atoms with Crippen LogP contribution in [0.2, 0.25) is 0 Å². The summed E-state index contributed by atoms with van der Waals surface area (Å²) in [6, 6.07) is 17.7. The smallest absolute Gasteiger partial charge is 0.264 e. The molecule has 2 aromatic carbocycles. The summed E-state index contributed by atoms with van der Waals surface area (Å²) in [4.78, 5) is 9.38. The number of nitrogens with one attached hydrogen (secondary N) is 1. The van der Waals surface area contributed by atoms with Crippen LogP contribution in [0.25, 0.3) is 0 Å². The van der Waals surface area contributed by atoms with Crippen molar-refractivity contribution in [1.29, 1.82) is 0 Å². The van der Waals surface area contributed by atoms with Crippen LogP contribution in [-0.2, 0) is 0 Å². The maximum atomic E-state index is 6.82. The van der Waals surface area contributed by atoms with E-state index in [4.69, 9.17) is 15.6 Å². The number of aliphatic imine (C=N–C) groups is 2. The Morgan fingerprint density at radius 3 is 2.45 bits per heavy atom. The molecular formula is C23H24N5O+. The largest absolute Gasteiger partial charge is 0.457 e. The molecule has 1 atom stereocenters. The molecule has 3 heterocycles. The fourth-order valence-electron chi connectivity index (χ4n) is 4.10. The lowest BCUT2D eigenvalue weighted by atomic mass is 9.93. The van der Waals surface area contributed by atoms with Gasteiger partial charge in [-0.25, -0.2) is 0 Å². The Hall–Kier alpha value is -3.06. The van der Waals surface area contributed by atoms with Crippen molar-refractivity contribution in [2.75, 3.05) is 13.1 Å². The van der Waals surface area contributed by atoms with Crippen LogP contribution >= 0.6 is 0 Å². The number of nitrogens with two attached hydrogens (primary N) is 1. The first kappa shape index (κ1) is 18.0. The highest BCUT2D eigenvalue weighted by Gasteiger charge is 2.45. The predicted octanol–water partition coefficient (Wildman–Crippen LogP) is 3.70. The van der Waals surface area contributed by atoms with Gasteiger partial charge in [-0.05, 0) is 62.3 Å². The molecule has 1 fully saturated rings. The Labute approximate surface area is 170 Å². The number of allylic oxidation sites excluding steroid dienone is 2. The molecule has 146 valence electrons. The van der Waals surface area contributed by atoms with Gasteiger partial charge in [0.25, 0.3) is 5.84 Å². The summed E-state index contributed by atoms with van der Waals surface area (Å²) >= 11 is 0. The molecule has 1 unspecified atom stereocenters. The third kappa shape index (κ3) is 3.31. The number of hydrogen-bond donors (Lipinski definition) is 2. The first-order valence-corrected chi connectivity index (χ1v) is 10.0. The number of piperidine rings is 1. The number of hydrogen-bond acceptors (Lipinski definition) is 5. The highest BCUT2D eigenvalue weighted by atomic mass is 16.5. The van der Waals surface area contributed by atoms with Crippen LogP contribution in [0.15, 0.2) is 88.4 Å². The van der Waals surface area contributed by atoms with Crippen molar-refractivity contribution < 1.29 is 9.33 Å². The van der Waals surface area contributed by atoms with Crippen molar-refractivity contribution in [1.82, 2.24) is 5.32 Å². The molecule has 6 heteroatoms. The molecule has 0 amide bonds. The van der Waals surface area contributed by atoms with Gasteiger partial charge in [-0.2, -0.15) is 10.8 Å². The molecule has 0 aromatic heterocycles. The Kier molecular flexibility index (Phi) is 4.60. The molecule has 0 aliphatic carbocycles. The Morgan fingerprint density at radius 1 is 0.966 bits per heavy atom. The van der Waals surface area contributed by atoms with Gasteiger partial charge in [-0.1, -0.05) is 18.2 Å². The number of para-hydroxylation sites is 1. The van der Waals surface area contributed by atoms with E-state index in [0.29, 0.717) is 5.92 Å². The molecule has 5 rings (SSSR count). The topological polar surface area (TPSA) is 72.0 Å². The quantitative estimate of drug-likeness (QED) is 0.622. The number of nitrogens with zero attached hydrogens (tertiary/aromatic N) is 3. The lowest BCUT2D eigenvalue weighted by molar-refractivity contribution is -0.750. The average molecular weight is 386 g/mol. The lowest BCUT2D eigenvalue weighted by Crippen LogP contribution is -2.53. The summed E-state index contributed by atoms with van der Waals surface area (Å²) in [5, 5.41) is 3.42. The fraction of sp³-hybridized carbons (Fsp3) is 0.217. The highest BCUT2D eigenvalue weighted by Crippen LogP contribution is 2.37. The van der Waals surface area contributed by atoms with Gasteiger partial charge in [-0.15, -0.1) is 4.59 Å². The highest BCUT2D eigenvalue weighted by molar-refractivity contribution is 6.00. The van der Waals surface area contributed by atoms with Crippen LogP contribution in [0.5, 0.6) is 11.5 Å². The average Bonchev–Trinajstić information content (AvgIpc) is 3.09. The van der Waals surface area contributed by atoms with Gasteiger partial charge in [0, 0.05) is 5.92 Å². The third-order valence-electron chi connectivity index (χ3n) is 5.64. The van der Waals surface area contributed by atoms with Crippen LogP contribution in [0.3, 0.4) is 0 Å². The normalized spacial score (nSPS) is 23.8. The van der Waals surface area contributed by atoms with Crippen LogP contribution < -0.4 is 15.9 Å². The van der Waals surface area contributed by atoms with Gasteiger partial charge < -0.3 is 10.1 Å². The zero-order chi connectivity index (χ0) is 19.7. The Balaban J connectivity index is 1.45. The second-order valence-electron chi connectivity index (χ2n) is 7.52. The van der Waals surface area contributed by atoms with Gasteiger partial charge in [0.05, 0.1) is 18.0 Å². The van der Waals surface area contributed by atoms with Crippen molar-refractivity contribution in [2.24, 2.45) is 21.7 Å². The van der Waals surface area contributed by atoms with Crippen LogP contribution in [0, 0.1) is 5.92 Å². The molecule has 3 aliphatic heterocycles. The van der Waals surface area contributed by atoms with Crippen molar-refractivity contribution in [2.45, 2.75) is 12.8 Å². The minimum Gasteiger partial charge on any atom is -0.457 e. The van der Waals surface area contributed by atoms with Crippen LogP contribution in [0.1, 0.15) is 18.4 Å². The monoisotopic (exact) mass is 386 g/mol. The summed E-state index contributed by atoms with van der Waals surface area (Å²) in [6.45, 7) is 2.02. The molecule has 6 nitrogen and oxygen atoms in total. The van der Waals surface area contributed by atoms with E-state index in [1.54, 1.807) is 6.20 Å². The van der Waals surface area contributed by atoms with E-state index < -0.39 is 0 Å². The van der Waals surface area contributed by atoms with E-state index in [-0.39, 0.29) is 4.59 Å². The number of fused-ring (bicyclic) bond motifs is 1. The van der Waals surface area contributed by atoms with Gasteiger partial charge >= 0.3 is 0 Å². The number of benzene rings is 2. The van der Waals surface area contributed by atoms with E-state index in [1.807, 2.05) is 67.0 Å². The van der Waals surface area contributed by atoms with Gasteiger partial charge in [0.2, 0.25) is 5.70 Å². The standard InChI is InChI=1S/C23H24N5O/c24-28-15-14-26-16-21(28)22(17-10-12-25-13-11-17)27-23(28)18-6-8-20(9-7-18)29-19-4-2-1-3-5-19/h1-9,14-17,25H,10-13,24H2/q+1. The van der Waals surface area contributed by atoms with E-state index in [2.05, 4.69) is 10.3 Å². The molecule has 0 radical (unpaired) electrons. The number of rotatable bonds is 4. The zero-order valence-electron chi connectivity index (χ0n) is 16.2. The minimum atomic E-state index is 0.0711. The predicted molar refractivity (Wildman–Crippen MR) is 114 cm³/mol. The van der Waals surface area contributed by atoms with Gasteiger partial charge in [0.1, 0.15) is 23.4 Å². The Bertz CT molecular complexity index is 1020. The van der Waals surface area contributed by atoms with Crippen molar-refractivity contribution in [3.63, 3.8) is 0 Å². The van der Waals surface area contributed by atoms with E-state index >= 15 is 0 Å². The summed E-state index contributed by atoms with van der Waals surface area (Å²) in [5.41, 5.74) is 3.02. The van der Waals surface area contributed by atoms with Crippen molar-refractivity contribution in [3.8, 4) is 11.5 Å². The van der Waals surface area contributed by atoms with Gasteiger partial charge in [-0.3, -0.25) is 4.99 Å². The van der Waals surface area contributed by atoms with Crippen LogP contribution in [-0.4, -0.2) is 29.7 Å². The first-order valence-electron chi connectivity index (χ1n) is 10.0.